The van der Waals surface area contributed by atoms with E-state index in [1.165, 1.54) is 4.90 Å². The highest BCUT2D eigenvalue weighted by Crippen LogP contribution is 2.39. The van der Waals surface area contributed by atoms with Gasteiger partial charge in [-0.2, -0.15) is 0 Å². The molecule has 2 heterocycles. The smallest absolute Gasteiger partial charge is 0.295 e. The number of hydrogen-bond acceptors (Lipinski definition) is 5. The molecule has 0 aliphatic carbocycles. The first-order chi connectivity index (χ1) is 14.3. The van der Waals surface area contributed by atoms with Gasteiger partial charge in [-0.05, 0) is 54.7 Å². The summed E-state index contributed by atoms with van der Waals surface area (Å²) in [7, 11) is 0. The molecule has 158 valence electrons. The molecule has 0 radical (unpaired) electrons. The molecule has 30 heavy (non-hydrogen) atoms. The number of aryl methyl sites for hydroxylation is 1. The van der Waals surface area contributed by atoms with E-state index in [-0.39, 0.29) is 11.3 Å². The maximum absolute atomic E-state index is 12.9. The van der Waals surface area contributed by atoms with Crippen LogP contribution in [0.25, 0.3) is 5.76 Å². The van der Waals surface area contributed by atoms with Gasteiger partial charge in [-0.1, -0.05) is 26.8 Å². The Morgan fingerprint density at radius 2 is 2.03 bits per heavy atom. The minimum atomic E-state index is -0.674. The predicted molar refractivity (Wildman–Crippen MR) is 115 cm³/mol. The van der Waals surface area contributed by atoms with Crippen LogP contribution in [0, 0.1) is 12.8 Å². The number of hydrogen-bond donors (Lipinski definition) is 1. The van der Waals surface area contributed by atoms with Crippen LogP contribution < -0.4 is 4.74 Å². The molecule has 1 aromatic heterocycles. The summed E-state index contributed by atoms with van der Waals surface area (Å²) in [6.45, 7) is 8.99. The maximum Gasteiger partial charge on any atom is 0.295 e. The molecule has 6 heteroatoms. The Morgan fingerprint density at radius 3 is 2.63 bits per heavy atom. The highest BCUT2D eigenvalue weighted by atomic mass is 16.5. The zero-order valence-corrected chi connectivity index (χ0v) is 17.9. The highest BCUT2D eigenvalue weighted by molar-refractivity contribution is 6.46. The number of Topliss-reactive ketones (excluding diaryl/α,β-unsaturated/α-hetero) is 1. The van der Waals surface area contributed by atoms with E-state index < -0.39 is 17.7 Å². The molecule has 1 amide bonds. The van der Waals surface area contributed by atoms with Gasteiger partial charge in [-0.15, -0.1) is 0 Å². The summed E-state index contributed by atoms with van der Waals surface area (Å²) in [4.78, 5) is 31.2. The number of aromatic nitrogens is 1. The van der Waals surface area contributed by atoms with Gasteiger partial charge in [0.1, 0.15) is 11.5 Å². The van der Waals surface area contributed by atoms with Crippen molar-refractivity contribution in [1.29, 1.82) is 0 Å². The van der Waals surface area contributed by atoms with Gasteiger partial charge in [-0.3, -0.25) is 14.6 Å². The van der Waals surface area contributed by atoms with Crippen molar-refractivity contribution in [2.75, 3.05) is 13.2 Å². The van der Waals surface area contributed by atoms with Crippen molar-refractivity contribution < 1.29 is 19.4 Å². The van der Waals surface area contributed by atoms with E-state index in [9.17, 15) is 14.7 Å². The van der Waals surface area contributed by atoms with Gasteiger partial charge < -0.3 is 14.7 Å². The largest absolute Gasteiger partial charge is 0.507 e. The average molecular weight is 408 g/mol. The summed E-state index contributed by atoms with van der Waals surface area (Å²) >= 11 is 0. The number of ether oxygens (including phenoxy) is 1. The molecule has 2 aromatic rings. The molecular formula is C24H28N2O4. The average Bonchev–Trinajstić information content (AvgIpc) is 2.98. The van der Waals surface area contributed by atoms with Crippen molar-refractivity contribution in [3.05, 3.63) is 65.0 Å². The first kappa shape index (κ1) is 21.6. The van der Waals surface area contributed by atoms with Crippen LogP contribution in [-0.2, 0) is 9.59 Å². The zero-order chi connectivity index (χ0) is 21.8. The van der Waals surface area contributed by atoms with Gasteiger partial charge in [0.2, 0.25) is 0 Å². The van der Waals surface area contributed by atoms with Crippen LogP contribution in [0.4, 0.5) is 0 Å². The number of ketones is 1. The molecule has 1 atom stereocenters. The molecule has 1 aliphatic rings. The fraction of sp³-hybridized carbons (Fsp3) is 0.375. The fourth-order valence-corrected chi connectivity index (χ4v) is 3.61. The number of carbonyl (C=O) groups is 2. The Labute approximate surface area is 177 Å². The SMILES string of the molecule is CCCN1C(=O)C(=O)/C(=C(\O)c2ccc(OCC(C)C)c(C)c2)C1c1cccnc1. The molecule has 1 aliphatic heterocycles. The van der Waals surface area contributed by atoms with Crippen LogP contribution in [-0.4, -0.2) is 39.8 Å². The van der Waals surface area contributed by atoms with Crippen molar-refractivity contribution >= 4 is 17.4 Å². The summed E-state index contributed by atoms with van der Waals surface area (Å²) in [5.41, 5.74) is 2.12. The van der Waals surface area contributed by atoms with Gasteiger partial charge in [0.05, 0.1) is 18.2 Å². The lowest BCUT2D eigenvalue weighted by molar-refractivity contribution is -0.139. The van der Waals surface area contributed by atoms with Crippen LogP contribution in [0.15, 0.2) is 48.3 Å². The van der Waals surface area contributed by atoms with E-state index in [4.69, 9.17) is 4.74 Å². The highest BCUT2D eigenvalue weighted by Gasteiger charge is 2.45. The standard InChI is InChI=1S/C24H28N2O4/c1-5-11-26-21(18-7-6-10-25-13-18)20(23(28)24(26)29)22(27)17-8-9-19(16(4)12-17)30-14-15(2)3/h6-10,12-13,15,21,27H,5,11,14H2,1-4H3/b22-20-. The Balaban J connectivity index is 2.06. The minimum absolute atomic E-state index is 0.0942. The molecule has 3 rings (SSSR count). The van der Waals surface area contributed by atoms with Crippen molar-refractivity contribution in [3.63, 3.8) is 0 Å². The van der Waals surface area contributed by atoms with Gasteiger partial charge in [0.25, 0.3) is 11.7 Å². The number of benzene rings is 1. The van der Waals surface area contributed by atoms with Crippen LogP contribution >= 0.6 is 0 Å². The topological polar surface area (TPSA) is 79.7 Å². The normalized spacial score (nSPS) is 18.3. The second kappa shape index (κ2) is 9.11. The molecule has 0 bridgehead atoms. The Hall–Kier alpha value is -3.15. The number of likely N-dealkylation sites (tertiary alicyclic amines) is 1. The molecule has 1 aromatic carbocycles. The Morgan fingerprint density at radius 1 is 1.27 bits per heavy atom. The van der Waals surface area contributed by atoms with Crippen molar-refractivity contribution in [2.24, 2.45) is 5.92 Å². The molecule has 0 saturated carbocycles. The number of carbonyl (C=O) groups excluding carboxylic acids is 2. The fourth-order valence-electron chi connectivity index (χ4n) is 3.61. The Kier molecular flexibility index (Phi) is 6.55. The third-order valence-corrected chi connectivity index (χ3v) is 5.03. The molecule has 0 spiro atoms. The van der Waals surface area contributed by atoms with Crippen LogP contribution in [0.5, 0.6) is 5.75 Å². The number of aliphatic hydroxyl groups is 1. The quantitative estimate of drug-likeness (QED) is 0.421. The second-order valence-corrected chi connectivity index (χ2v) is 7.96. The number of aliphatic hydroxyl groups excluding tert-OH is 1. The lowest BCUT2D eigenvalue weighted by atomic mass is 9.95. The number of rotatable bonds is 7. The lowest BCUT2D eigenvalue weighted by Gasteiger charge is -2.24. The summed E-state index contributed by atoms with van der Waals surface area (Å²) < 4.78 is 5.80. The second-order valence-electron chi connectivity index (χ2n) is 7.96. The zero-order valence-electron chi connectivity index (χ0n) is 17.9. The van der Waals surface area contributed by atoms with E-state index >= 15 is 0 Å². The summed E-state index contributed by atoms with van der Waals surface area (Å²) in [5.74, 6) is -0.324. The molecule has 1 saturated heterocycles. The predicted octanol–water partition coefficient (Wildman–Crippen LogP) is 4.26. The van der Waals surface area contributed by atoms with Gasteiger partial charge >= 0.3 is 0 Å². The van der Waals surface area contributed by atoms with E-state index in [0.717, 1.165) is 11.3 Å². The van der Waals surface area contributed by atoms with Crippen LogP contribution in [0.2, 0.25) is 0 Å². The van der Waals surface area contributed by atoms with Gasteiger partial charge in [-0.25, -0.2) is 0 Å². The lowest BCUT2D eigenvalue weighted by Crippen LogP contribution is -2.30. The van der Waals surface area contributed by atoms with Crippen molar-refractivity contribution in [2.45, 2.75) is 40.2 Å². The summed E-state index contributed by atoms with van der Waals surface area (Å²) in [6.07, 6.45) is 3.96. The van der Waals surface area contributed by atoms with Crippen molar-refractivity contribution in [3.8, 4) is 5.75 Å². The van der Waals surface area contributed by atoms with E-state index in [2.05, 4.69) is 18.8 Å². The van der Waals surface area contributed by atoms with Crippen LogP contribution in [0.1, 0.15) is 49.9 Å². The molecule has 1 unspecified atom stereocenters. The third-order valence-electron chi connectivity index (χ3n) is 5.03. The minimum Gasteiger partial charge on any atom is -0.507 e. The summed E-state index contributed by atoms with van der Waals surface area (Å²) in [6, 6.07) is 8.19. The molecular weight excluding hydrogens is 380 g/mol. The first-order valence-electron chi connectivity index (χ1n) is 10.3. The van der Waals surface area contributed by atoms with E-state index in [1.54, 1.807) is 36.7 Å². The van der Waals surface area contributed by atoms with Crippen LogP contribution in [0.3, 0.4) is 0 Å². The first-order valence-corrected chi connectivity index (χ1v) is 10.3. The van der Waals surface area contributed by atoms with Gasteiger partial charge in [0.15, 0.2) is 0 Å². The van der Waals surface area contributed by atoms with E-state index in [0.29, 0.717) is 36.6 Å². The molecule has 6 nitrogen and oxygen atoms in total. The monoisotopic (exact) mass is 408 g/mol. The Bertz CT molecular complexity index is 966. The number of nitrogens with zero attached hydrogens (tertiary/aromatic N) is 2. The molecule has 1 N–H and O–H groups in total. The van der Waals surface area contributed by atoms with Gasteiger partial charge in [0, 0.05) is 24.5 Å². The number of amides is 1. The number of pyridine rings is 1. The van der Waals surface area contributed by atoms with E-state index in [1.807, 2.05) is 19.9 Å². The maximum atomic E-state index is 12.9. The third kappa shape index (κ3) is 4.22. The summed E-state index contributed by atoms with van der Waals surface area (Å²) in [5, 5.41) is 11.1. The van der Waals surface area contributed by atoms with Crippen molar-refractivity contribution in [1.82, 2.24) is 9.88 Å². The molecule has 1 fully saturated rings.